The highest BCUT2D eigenvalue weighted by atomic mass is 16.4. The molecule has 3 N–H and O–H groups in total. The Morgan fingerprint density at radius 1 is 1.53 bits per heavy atom. The Labute approximate surface area is 98.3 Å². The van der Waals surface area contributed by atoms with Crippen molar-refractivity contribution in [2.75, 3.05) is 6.54 Å². The van der Waals surface area contributed by atoms with Crippen LogP contribution in [-0.4, -0.2) is 35.1 Å². The van der Waals surface area contributed by atoms with E-state index in [2.05, 4.69) is 15.8 Å². The Kier molecular flexibility index (Phi) is 4.62. The van der Waals surface area contributed by atoms with E-state index < -0.39 is 11.9 Å². The lowest BCUT2D eigenvalue weighted by atomic mass is 10.1. The van der Waals surface area contributed by atoms with Gasteiger partial charge >= 0.3 is 5.97 Å². The minimum absolute atomic E-state index is 0.207. The maximum atomic E-state index is 11.5. The zero-order chi connectivity index (χ0) is 12.8. The average molecular weight is 241 g/mol. The van der Waals surface area contributed by atoms with Crippen molar-refractivity contribution in [1.82, 2.24) is 10.7 Å². The molecule has 0 aliphatic carbocycles. The van der Waals surface area contributed by atoms with Crippen molar-refractivity contribution in [2.24, 2.45) is 11.0 Å². The Bertz CT molecular complexity index is 365. The smallest absolute Gasteiger partial charge is 0.306 e. The standard InChI is InChI=1S/C10H15N3O4/c1-6(10(16)17)4-5-11-9(15)7-2-3-8(14)13-12-7/h6H,2-5H2,1H3,(H,11,15)(H,13,14)(H,16,17). The molecule has 0 radical (unpaired) electrons. The number of carbonyl (C=O) groups excluding carboxylic acids is 2. The van der Waals surface area contributed by atoms with Crippen LogP contribution in [0.3, 0.4) is 0 Å². The lowest BCUT2D eigenvalue weighted by Crippen LogP contribution is -2.37. The summed E-state index contributed by atoms with van der Waals surface area (Å²) in [6, 6.07) is 0. The predicted octanol–water partition coefficient (Wildman–Crippen LogP) is -0.521. The summed E-state index contributed by atoms with van der Waals surface area (Å²) >= 11 is 0. The Morgan fingerprint density at radius 3 is 2.76 bits per heavy atom. The number of nitrogens with one attached hydrogen (secondary N) is 2. The van der Waals surface area contributed by atoms with Gasteiger partial charge in [-0.1, -0.05) is 6.92 Å². The number of carboxylic acid groups (broad SMARTS) is 1. The van der Waals surface area contributed by atoms with Crippen LogP contribution < -0.4 is 10.7 Å². The third-order valence-corrected chi connectivity index (χ3v) is 2.45. The van der Waals surface area contributed by atoms with Gasteiger partial charge in [0.05, 0.1) is 5.92 Å². The molecule has 7 nitrogen and oxygen atoms in total. The molecule has 2 amide bonds. The first-order valence-electron chi connectivity index (χ1n) is 5.37. The molecule has 0 spiro atoms. The third kappa shape index (κ3) is 4.21. The Morgan fingerprint density at radius 2 is 2.24 bits per heavy atom. The van der Waals surface area contributed by atoms with Crippen LogP contribution in [0.5, 0.6) is 0 Å². The lowest BCUT2D eigenvalue weighted by molar-refractivity contribution is -0.141. The molecule has 0 saturated carbocycles. The summed E-state index contributed by atoms with van der Waals surface area (Å²) in [6.07, 6.45) is 0.921. The number of hydrazone groups is 1. The first kappa shape index (κ1) is 13.1. The molecule has 0 fully saturated rings. The molecular weight excluding hydrogens is 226 g/mol. The summed E-state index contributed by atoms with van der Waals surface area (Å²) in [6.45, 7) is 1.85. The van der Waals surface area contributed by atoms with Crippen LogP contribution >= 0.6 is 0 Å². The molecule has 0 aromatic carbocycles. The molecule has 0 bridgehead atoms. The van der Waals surface area contributed by atoms with Crippen molar-refractivity contribution in [3.05, 3.63) is 0 Å². The summed E-state index contributed by atoms with van der Waals surface area (Å²) < 4.78 is 0. The van der Waals surface area contributed by atoms with Crippen molar-refractivity contribution in [2.45, 2.75) is 26.2 Å². The minimum Gasteiger partial charge on any atom is -0.481 e. The molecule has 1 rings (SSSR count). The average Bonchev–Trinajstić information content (AvgIpc) is 2.29. The highest BCUT2D eigenvalue weighted by Crippen LogP contribution is 2.01. The number of rotatable bonds is 5. The van der Waals surface area contributed by atoms with E-state index in [1.165, 1.54) is 0 Å². The first-order valence-corrected chi connectivity index (χ1v) is 5.37. The van der Waals surface area contributed by atoms with Crippen molar-refractivity contribution >= 4 is 23.5 Å². The third-order valence-electron chi connectivity index (χ3n) is 2.45. The molecule has 1 heterocycles. The molecule has 1 unspecified atom stereocenters. The molecule has 17 heavy (non-hydrogen) atoms. The van der Waals surface area contributed by atoms with Gasteiger partial charge in [0.2, 0.25) is 5.91 Å². The number of carboxylic acids is 1. The van der Waals surface area contributed by atoms with E-state index in [9.17, 15) is 14.4 Å². The Balaban J connectivity index is 2.30. The van der Waals surface area contributed by atoms with Crippen LogP contribution in [0.15, 0.2) is 5.10 Å². The van der Waals surface area contributed by atoms with Gasteiger partial charge in [-0.2, -0.15) is 5.10 Å². The molecule has 1 aliphatic rings. The van der Waals surface area contributed by atoms with Crippen LogP contribution in [0.25, 0.3) is 0 Å². The first-order chi connectivity index (χ1) is 8.00. The van der Waals surface area contributed by atoms with E-state index in [-0.39, 0.29) is 30.5 Å². The van der Waals surface area contributed by atoms with Crippen molar-refractivity contribution in [3.63, 3.8) is 0 Å². The van der Waals surface area contributed by atoms with Crippen molar-refractivity contribution < 1.29 is 19.5 Å². The fourth-order valence-electron chi connectivity index (χ4n) is 1.27. The van der Waals surface area contributed by atoms with Gasteiger partial charge in [0.1, 0.15) is 5.71 Å². The van der Waals surface area contributed by atoms with E-state index in [4.69, 9.17) is 5.11 Å². The zero-order valence-electron chi connectivity index (χ0n) is 9.52. The fraction of sp³-hybridized carbons (Fsp3) is 0.600. The molecule has 94 valence electrons. The second kappa shape index (κ2) is 5.97. The van der Waals surface area contributed by atoms with Crippen molar-refractivity contribution in [1.29, 1.82) is 0 Å². The number of aliphatic carboxylic acids is 1. The summed E-state index contributed by atoms with van der Waals surface area (Å²) in [7, 11) is 0. The molecule has 0 aromatic heterocycles. The summed E-state index contributed by atoms with van der Waals surface area (Å²) in [5, 5.41) is 14.8. The van der Waals surface area contributed by atoms with Crippen LogP contribution in [0.1, 0.15) is 26.2 Å². The van der Waals surface area contributed by atoms with Crippen molar-refractivity contribution in [3.8, 4) is 0 Å². The molecule has 7 heteroatoms. The van der Waals surface area contributed by atoms with E-state index in [1.807, 2.05) is 0 Å². The SMILES string of the molecule is CC(CCNC(=O)C1=NNC(=O)CC1)C(=O)O. The molecule has 1 aliphatic heterocycles. The van der Waals surface area contributed by atoms with Crippen LogP contribution in [0.4, 0.5) is 0 Å². The van der Waals surface area contributed by atoms with E-state index >= 15 is 0 Å². The number of carbonyl (C=O) groups is 3. The quantitative estimate of drug-likeness (QED) is 0.601. The van der Waals surface area contributed by atoms with E-state index in [0.717, 1.165) is 0 Å². The number of hydrogen-bond acceptors (Lipinski definition) is 4. The summed E-state index contributed by atoms with van der Waals surface area (Å²) in [4.78, 5) is 32.8. The Hall–Kier alpha value is -1.92. The number of amides is 2. The lowest BCUT2D eigenvalue weighted by Gasteiger charge is -2.12. The maximum Gasteiger partial charge on any atom is 0.306 e. The number of nitrogens with zero attached hydrogens (tertiary/aromatic N) is 1. The molecule has 0 aromatic rings. The summed E-state index contributed by atoms with van der Waals surface area (Å²) in [5.41, 5.74) is 2.50. The highest BCUT2D eigenvalue weighted by Gasteiger charge is 2.18. The largest absolute Gasteiger partial charge is 0.481 e. The van der Waals surface area contributed by atoms with Gasteiger partial charge < -0.3 is 10.4 Å². The van der Waals surface area contributed by atoms with Gasteiger partial charge in [0.15, 0.2) is 0 Å². The van der Waals surface area contributed by atoms with Crippen LogP contribution in [0.2, 0.25) is 0 Å². The second-order valence-electron chi connectivity index (χ2n) is 3.88. The maximum absolute atomic E-state index is 11.5. The van der Waals surface area contributed by atoms with Crippen LogP contribution in [-0.2, 0) is 14.4 Å². The van der Waals surface area contributed by atoms with Gasteiger partial charge in [-0.15, -0.1) is 0 Å². The monoisotopic (exact) mass is 241 g/mol. The topological polar surface area (TPSA) is 108 Å². The van der Waals surface area contributed by atoms with Gasteiger partial charge in [-0.05, 0) is 6.42 Å². The predicted molar refractivity (Wildman–Crippen MR) is 59.2 cm³/mol. The second-order valence-corrected chi connectivity index (χ2v) is 3.88. The van der Waals surface area contributed by atoms with Gasteiger partial charge in [0, 0.05) is 19.4 Å². The van der Waals surface area contributed by atoms with E-state index in [1.54, 1.807) is 6.92 Å². The normalized spacial score (nSPS) is 16.8. The van der Waals surface area contributed by atoms with Crippen LogP contribution in [0, 0.1) is 5.92 Å². The number of hydrogen-bond donors (Lipinski definition) is 3. The minimum atomic E-state index is -0.887. The molecule has 1 atom stereocenters. The van der Waals surface area contributed by atoms with Gasteiger partial charge in [0.25, 0.3) is 5.91 Å². The van der Waals surface area contributed by atoms with Gasteiger partial charge in [-0.3, -0.25) is 14.4 Å². The van der Waals surface area contributed by atoms with Gasteiger partial charge in [-0.25, -0.2) is 5.43 Å². The highest BCUT2D eigenvalue weighted by molar-refractivity contribution is 6.39. The van der Waals surface area contributed by atoms with E-state index in [0.29, 0.717) is 12.8 Å². The molecular formula is C10H15N3O4. The summed E-state index contributed by atoms with van der Waals surface area (Å²) in [5.74, 6) is -1.95. The molecule has 0 saturated heterocycles. The fourth-order valence-corrected chi connectivity index (χ4v) is 1.27. The zero-order valence-corrected chi connectivity index (χ0v) is 9.52.